The SMILES string of the molecule is C[C@@H](C(=O)N1CCCCCC1)N1CCN(C(=O)NC(C)(C)C)CC1. The summed E-state index contributed by atoms with van der Waals surface area (Å²) in [6.45, 7) is 12.7. The van der Waals surface area contributed by atoms with E-state index in [1.54, 1.807) is 0 Å². The van der Waals surface area contributed by atoms with Crippen molar-refractivity contribution in [3.8, 4) is 0 Å². The van der Waals surface area contributed by atoms with Crippen molar-refractivity contribution in [3.63, 3.8) is 0 Å². The van der Waals surface area contributed by atoms with Crippen molar-refractivity contribution in [2.75, 3.05) is 39.3 Å². The average molecular weight is 338 g/mol. The summed E-state index contributed by atoms with van der Waals surface area (Å²) in [4.78, 5) is 31.1. The van der Waals surface area contributed by atoms with Gasteiger partial charge in [-0.3, -0.25) is 9.69 Å². The molecule has 0 bridgehead atoms. The minimum absolute atomic E-state index is 0.00588. The highest BCUT2D eigenvalue weighted by Gasteiger charge is 2.30. The lowest BCUT2D eigenvalue weighted by Gasteiger charge is -2.39. The Bertz CT molecular complexity index is 431. The molecule has 2 aliphatic heterocycles. The molecule has 2 saturated heterocycles. The molecule has 0 unspecified atom stereocenters. The van der Waals surface area contributed by atoms with Gasteiger partial charge in [0.15, 0.2) is 0 Å². The summed E-state index contributed by atoms with van der Waals surface area (Å²) in [5.41, 5.74) is -0.218. The van der Waals surface area contributed by atoms with Gasteiger partial charge in [-0.2, -0.15) is 0 Å². The van der Waals surface area contributed by atoms with Gasteiger partial charge in [0.1, 0.15) is 0 Å². The highest BCUT2D eigenvalue weighted by atomic mass is 16.2. The van der Waals surface area contributed by atoms with E-state index in [0.717, 1.165) is 39.0 Å². The Hall–Kier alpha value is -1.30. The lowest BCUT2D eigenvalue weighted by Crippen LogP contribution is -2.58. The number of nitrogens with one attached hydrogen (secondary N) is 1. The van der Waals surface area contributed by atoms with Crippen molar-refractivity contribution < 1.29 is 9.59 Å². The van der Waals surface area contributed by atoms with Crippen LogP contribution in [0.3, 0.4) is 0 Å². The van der Waals surface area contributed by atoms with Crippen LogP contribution in [-0.2, 0) is 4.79 Å². The van der Waals surface area contributed by atoms with Gasteiger partial charge in [0, 0.05) is 44.8 Å². The zero-order valence-corrected chi connectivity index (χ0v) is 15.8. The number of nitrogens with zero attached hydrogens (tertiary/aromatic N) is 3. The second-order valence-corrected chi connectivity index (χ2v) is 8.12. The Balaban J connectivity index is 1.82. The van der Waals surface area contributed by atoms with Crippen LogP contribution in [0.15, 0.2) is 0 Å². The molecule has 6 nitrogen and oxygen atoms in total. The van der Waals surface area contributed by atoms with Crippen LogP contribution in [0.25, 0.3) is 0 Å². The zero-order valence-electron chi connectivity index (χ0n) is 15.8. The number of urea groups is 1. The van der Waals surface area contributed by atoms with E-state index in [1.807, 2.05) is 37.5 Å². The lowest BCUT2D eigenvalue weighted by molar-refractivity contribution is -0.136. The number of likely N-dealkylation sites (tertiary alicyclic amines) is 1. The maximum absolute atomic E-state index is 12.7. The Kier molecular flexibility index (Phi) is 6.49. The van der Waals surface area contributed by atoms with E-state index < -0.39 is 0 Å². The summed E-state index contributed by atoms with van der Waals surface area (Å²) in [5.74, 6) is 0.254. The van der Waals surface area contributed by atoms with Crippen molar-refractivity contribution in [1.82, 2.24) is 20.0 Å². The van der Waals surface area contributed by atoms with Crippen LogP contribution >= 0.6 is 0 Å². The molecule has 0 aromatic heterocycles. The summed E-state index contributed by atoms with van der Waals surface area (Å²) in [7, 11) is 0. The molecule has 0 spiro atoms. The molecule has 0 aliphatic carbocycles. The van der Waals surface area contributed by atoms with Crippen LogP contribution in [0.2, 0.25) is 0 Å². The number of piperazine rings is 1. The van der Waals surface area contributed by atoms with Crippen molar-refractivity contribution in [3.05, 3.63) is 0 Å². The molecule has 0 radical (unpaired) electrons. The highest BCUT2D eigenvalue weighted by Crippen LogP contribution is 2.14. The maximum atomic E-state index is 12.7. The Labute approximate surface area is 146 Å². The monoisotopic (exact) mass is 338 g/mol. The van der Waals surface area contributed by atoms with Gasteiger partial charge in [-0.1, -0.05) is 12.8 Å². The fourth-order valence-corrected chi connectivity index (χ4v) is 3.42. The summed E-state index contributed by atoms with van der Waals surface area (Å²) >= 11 is 0. The molecule has 1 atom stereocenters. The van der Waals surface area contributed by atoms with E-state index in [4.69, 9.17) is 0 Å². The smallest absolute Gasteiger partial charge is 0.317 e. The summed E-state index contributed by atoms with van der Waals surface area (Å²) < 4.78 is 0. The van der Waals surface area contributed by atoms with Gasteiger partial charge in [0.05, 0.1) is 6.04 Å². The molecule has 1 N–H and O–H groups in total. The maximum Gasteiger partial charge on any atom is 0.317 e. The number of carbonyl (C=O) groups is 2. The number of amides is 3. The van der Waals surface area contributed by atoms with Gasteiger partial charge in [-0.25, -0.2) is 4.79 Å². The van der Waals surface area contributed by atoms with E-state index >= 15 is 0 Å². The molecular weight excluding hydrogens is 304 g/mol. The van der Waals surface area contributed by atoms with Gasteiger partial charge < -0.3 is 15.1 Å². The minimum Gasteiger partial charge on any atom is -0.341 e. The van der Waals surface area contributed by atoms with Gasteiger partial charge in [0.25, 0.3) is 0 Å². The molecule has 2 rings (SSSR count). The van der Waals surface area contributed by atoms with E-state index in [-0.39, 0.29) is 23.5 Å². The van der Waals surface area contributed by atoms with Crippen molar-refractivity contribution >= 4 is 11.9 Å². The molecule has 2 aliphatic rings. The van der Waals surface area contributed by atoms with Gasteiger partial charge in [-0.15, -0.1) is 0 Å². The van der Waals surface area contributed by atoms with Gasteiger partial charge in [0.2, 0.25) is 5.91 Å². The summed E-state index contributed by atoms with van der Waals surface area (Å²) in [6, 6.07) is -0.0930. The van der Waals surface area contributed by atoms with Crippen LogP contribution in [0.4, 0.5) is 4.79 Å². The molecule has 138 valence electrons. The van der Waals surface area contributed by atoms with Crippen LogP contribution in [0.5, 0.6) is 0 Å². The predicted octanol–water partition coefficient (Wildman–Crippen LogP) is 1.90. The van der Waals surface area contributed by atoms with Crippen molar-refractivity contribution in [2.24, 2.45) is 0 Å². The van der Waals surface area contributed by atoms with Crippen LogP contribution in [-0.4, -0.2) is 77.5 Å². The van der Waals surface area contributed by atoms with Crippen LogP contribution < -0.4 is 5.32 Å². The molecule has 24 heavy (non-hydrogen) atoms. The zero-order chi connectivity index (χ0) is 17.7. The van der Waals surface area contributed by atoms with Gasteiger partial charge in [-0.05, 0) is 40.5 Å². The first-order valence-corrected chi connectivity index (χ1v) is 9.38. The Morgan fingerprint density at radius 1 is 0.833 bits per heavy atom. The van der Waals surface area contributed by atoms with E-state index in [0.29, 0.717) is 13.1 Å². The fraction of sp³-hybridized carbons (Fsp3) is 0.889. The number of hydrogen-bond donors (Lipinski definition) is 1. The number of rotatable bonds is 2. The van der Waals surface area contributed by atoms with Crippen LogP contribution in [0, 0.1) is 0 Å². The van der Waals surface area contributed by atoms with Gasteiger partial charge >= 0.3 is 6.03 Å². The average Bonchev–Trinajstić information content (AvgIpc) is 2.81. The van der Waals surface area contributed by atoms with Crippen molar-refractivity contribution in [1.29, 1.82) is 0 Å². The third-order valence-corrected chi connectivity index (χ3v) is 4.91. The largest absolute Gasteiger partial charge is 0.341 e. The Morgan fingerprint density at radius 3 is 1.88 bits per heavy atom. The highest BCUT2D eigenvalue weighted by molar-refractivity contribution is 5.81. The molecule has 0 aromatic carbocycles. The molecule has 6 heteroatoms. The number of carbonyl (C=O) groups excluding carboxylic acids is 2. The quantitative estimate of drug-likeness (QED) is 0.837. The summed E-state index contributed by atoms with van der Waals surface area (Å²) in [6.07, 6.45) is 4.72. The first-order chi connectivity index (χ1) is 11.3. The Morgan fingerprint density at radius 2 is 1.38 bits per heavy atom. The fourth-order valence-electron chi connectivity index (χ4n) is 3.42. The molecule has 3 amide bonds. The first kappa shape index (κ1) is 19.0. The van der Waals surface area contributed by atoms with Crippen LogP contribution in [0.1, 0.15) is 53.4 Å². The molecular formula is C18H34N4O2. The van der Waals surface area contributed by atoms with E-state index in [9.17, 15) is 9.59 Å². The normalized spacial score (nSPS) is 22.0. The number of hydrogen-bond acceptors (Lipinski definition) is 3. The topological polar surface area (TPSA) is 55.9 Å². The standard InChI is InChI=1S/C18H34N4O2/c1-15(16(23)21-9-7-5-6-8-10-21)20-11-13-22(14-12-20)17(24)19-18(2,3)4/h15H,5-14H2,1-4H3,(H,19,24)/t15-/m0/s1. The van der Waals surface area contributed by atoms with E-state index in [2.05, 4.69) is 10.2 Å². The van der Waals surface area contributed by atoms with E-state index in [1.165, 1.54) is 12.8 Å². The second-order valence-electron chi connectivity index (χ2n) is 8.12. The molecule has 0 aromatic rings. The molecule has 2 heterocycles. The predicted molar refractivity (Wildman–Crippen MR) is 95.9 cm³/mol. The lowest BCUT2D eigenvalue weighted by atomic mass is 10.1. The first-order valence-electron chi connectivity index (χ1n) is 9.38. The third kappa shape index (κ3) is 5.36. The minimum atomic E-state index is -0.218. The van der Waals surface area contributed by atoms with Crippen molar-refractivity contribution in [2.45, 2.75) is 65.0 Å². The molecule has 2 fully saturated rings. The third-order valence-electron chi connectivity index (χ3n) is 4.91. The second kappa shape index (κ2) is 8.19. The summed E-state index contributed by atoms with van der Waals surface area (Å²) in [5, 5.41) is 3.01. The molecule has 0 saturated carbocycles.